The van der Waals surface area contributed by atoms with Crippen LogP contribution in [0.3, 0.4) is 0 Å². The maximum atomic E-state index is 13.3. The Kier molecular flexibility index (Phi) is 4.38. The van der Waals surface area contributed by atoms with Gasteiger partial charge >= 0.3 is 0 Å². The number of halogens is 2. The Hall–Kier alpha value is -2.26. The van der Waals surface area contributed by atoms with E-state index in [0.717, 1.165) is 17.8 Å². The minimum atomic E-state index is -3.96. The van der Waals surface area contributed by atoms with Crippen molar-refractivity contribution in [3.63, 3.8) is 0 Å². The van der Waals surface area contributed by atoms with Crippen LogP contribution in [-0.4, -0.2) is 18.0 Å². The van der Waals surface area contributed by atoms with Gasteiger partial charge in [-0.25, -0.2) is 22.2 Å². The molecule has 9 heteroatoms. The van der Waals surface area contributed by atoms with E-state index >= 15 is 0 Å². The van der Waals surface area contributed by atoms with Gasteiger partial charge in [-0.15, -0.1) is 11.3 Å². The number of aromatic nitrogens is 2. The summed E-state index contributed by atoms with van der Waals surface area (Å²) >= 11 is 1.42. The van der Waals surface area contributed by atoms with E-state index in [2.05, 4.69) is 9.71 Å². The molecular formula is C16H15F2N3O2S2. The van der Waals surface area contributed by atoms with E-state index in [9.17, 15) is 17.2 Å². The summed E-state index contributed by atoms with van der Waals surface area (Å²) in [5.74, 6) is -2.16. The molecule has 2 heterocycles. The van der Waals surface area contributed by atoms with Crippen LogP contribution in [0, 0.1) is 25.5 Å². The number of nitrogens with one attached hydrogen (secondary N) is 1. The van der Waals surface area contributed by atoms with E-state index < -0.39 is 21.7 Å². The van der Waals surface area contributed by atoms with Crippen LogP contribution in [-0.2, 0) is 17.1 Å². The molecule has 0 saturated heterocycles. The zero-order valence-corrected chi connectivity index (χ0v) is 15.3. The molecule has 0 amide bonds. The third kappa shape index (κ3) is 3.29. The zero-order valence-electron chi connectivity index (χ0n) is 13.7. The molecule has 3 aromatic rings. The van der Waals surface area contributed by atoms with Gasteiger partial charge in [0.2, 0.25) is 0 Å². The number of aryl methyl sites for hydroxylation is 1. The van der Waals surface area contributed by atoms with Crippen LogP contribution in [0.4, 0.5) is 14.5 Å². The number of anilines is 1. The van der Waals surface area contributed by atoms with E-state index in [0.29, 0.717) is 16.4 Å². The summed E-state index contributed by atoms with van der Waals surface area (Å²) in [6.07, 6.45) is 0. The van der Waals surface area contributed by atoms with Crippen molar-refractivity contribution in [3.05, 3.63) is 52.7 Å². The highest BCUT2D eigenvalue weighted by atomic mass is 32.2. The van der Waals surface area contributed by atoms with Crippen molar-refractivity contribution in [2.45, 2.75) is 18.7 Å². The lowest BCUT2D eigenvalue weighted by Crippen LogP contribution is -2.14. The second-order valence-electron chi connectivity index (χ2n) is 5.57. The minimum Gasteiger partial charge on any atom is -0.345 e. The van der Waals surface area contributed by atoms with Crippen molar-refractivity contribution in [1.29, 1.82) is 0 Å². The Bertz CT molecular complexity index is 1060. The predicted molar refractivity (Wildman–Crippen MR) is 93.2 cm³/mol. The van der Waals surface area contributed by atoms with Gasteiger partial charge in [-0.2, -0.15) is 0 Å². The third-order valence-electron chi connectivity index (χ3n) is 3.79. The largest absolute Gasteiger partial charge is 0.345 e. The lowest BCUT2D eigenvalue weighted by Gasteiger charge is -2.08. The number of rotatable bonds is 4. The minimum absolute atomic E-state index is 0.0474. The highest BCUT2D eigenvalue weighted by molar-refractivity contribution is 7.92. The molecule has 1 N–H and O–H groups in total. The van der Waals surface area contributed by atoms with Crippen molar-refractivity contribution in [2.24, 2.45) is 7.05 Å². The summed E-state index contributed by atoms with van der Waals surface area (Å²) in [5.41, 5.74) is 1.98. The van der Waals surface area contributed by atoms with E-state index in [1.54, 1.807) is 18.5 Å². The molecule has 2 aromatic heterocycles. The van der Waals surface area contributed by atoms with Crippen molar-refractivity contribution >= 4 is 27.0 Å². The number of thiazole rings is 1. The van der Waals surface area contributed by atoms with Crippen LogP contribution in [0.15, 0.2) is 34.5 Å². The fraction of sp³-hybridized carbons (Fsp3) is 0.188. The second kappa shape index (κ2) is 6.23. The summed E-state index contributed by atoms with van der Waals surface area (Å²) in [6, 6.07) is 4.36. The molecule has 0 atom stereocenters. The number of nitrogens with zero attached hydrogens (tertiary/aromatic N) is 2. The number of sulfonamides is 1. The van der Waals surface area contributed by atoms with Crippen molar-refractivity contribution in [3.8, 4) is 10.7 Å². The number of hydrogen-bond acceptors (Lipinski definition) is 4. The van der Waals surface area contributed by atoms with E-state index in [-0.39, 0.29) is 10.6 Å². The van der Waals surface area contributed by atoms with Crippen LogP contribution < -0.4 is 4.72 Å². The Morgan fingerprint density at radius 1 is 1.16 bits per heavy atom. The van der Waals surface area contributed by atoms with Gasteiger partial charge in [0.05, 0.1) is 11.4 Å². The van der Waals surface area contributed by atoms with Gasteiger partial charge in [0.25, 0.3) is 10.0 Å². The second-order valence-corrected chi connectivity index (χ2v) is 8.08. The fourth-order valence-electron chi connectivity index (χ4n) is 2.39. The van der Waals surface area contributed by atoms with Gasteiger partial charge < -0.3 is 4.57 Å². The average molecular weight is 383 g/mol. The molecular weight excluding hydrogens is 368 g/mol. The Labute approximate surface area is 148 Å². The Morgan fingerprint density at radius 2 is 1.88 bits per heavy atom. The summed E-state index contributed by atoms with van der Waals surface area (Å²) in [6.45, 7) is 3.53. The first-order valence-corrected chi connectivity index (χ1v) is 9.62. The standard InChI is InChI=1S/C16H15F2N3O2S2/c1-9-8-24-16(19-9)14-7-15(10(2)21(14)3)25(22,23)20-11-4-5-12(17)13(18)6-11/h4-8,20H,1-3H3. The predicted octanol–water partition coefficient (Wildman–Crippen LogP) is 3.84. The molecule has 1 aromatic carbocycles. The molecule has 0 aliphatic rings. The summed E-state index contributed by atoms with van der Waals surface area (Å²) in [5, 5.41) is 2.59. The first-order chi connectivity index (χ1) is 11.7. The maximum absolute atomic E-state index is 13.3. The maximum Gasteiger partial charge on any atom is 0.263 e. The lowest BCUT2D eigenvalue weighted by atomic mass is 10.3. The van der Waals surface area contributed by atoms with Gasteiger partial charge in [-0.05, 0) is 32.0 Å². The molecule has 0 unspecified atom stereocenters. The van der Waals surface area contributed by atoms with Gasteiger partial charge in [0.15, 0.2) is 11.6 Å². The molecule has 132 valence electrons. The van der Waals surface area contributed by atoms with E-state index in [1.807, 2.05) is 12.3 Å². The van der Waals surface area contributed by atoms with Crippen molar-refractivity contribution in [2.75, 3.05) is 4.72 Å². The quantitative estimate of drug-likeness (QED) is 0.744. The fourth-order valence-corrected chi connectivity index (χ4v) is 4.58. The molecule has 5 nitrogen and oxygen atoms in total. The first kappa shape index (κ1) is 17.6. The first-order valence-electron chi connectivity index (χ1n) is 7.26. The van der Waals surface area contributed by atoms with Gasteiger partial charge in [-0.1, -0.05) is 0 Å². The Morgan fingerprint density at radius 3 is 2.48 bits per heavy atom. The Balaban J connectivity index is 2.01. The molecule has 0 bridgehead atoms. The molecule has 3 rings (SSSR count). The topological polar surface area (TPSA) is 64.0 Å². The summed E-state index contributed by atoms with van der Waals surface area (Å²) in [4.78, 5) is 4.43. The summed E-state index contributed by atoms with van der Waals surface area (Å²) < 4.78 is 55.6. The highest BCUT2D eigenvalue weighted by Gasteiger charge is 2.23. The third-order valence-corrected chi connectivity index (χ3v) is 6.27. The van der Waals surface area contributed by atoms with E-state index in [4.69, 9.17) is 0 Å². The molecule has 0 aliphatic carbocycles. The monoisotopic (exact) mass is 383 g/mol. The van der Waals surface area contributed by atoms with Crippen molar-refractivity contribution in [1.82, 2.24) is 9.55 Å². The number of benzene rings is 1. The van der Waals surface area contributed by atoms with Gasteiger partial charge in [0, 0.05) is 29.9 Å². The van der Waals surface area contributed by atoms with Crippen LogP contribution in [0.1, 0.15) is 11.4 Å². The van der Waals surface area contributed by atoms with Crippen LogP contribution in [0.25, 0.3) is 10.7 Å². The summed E-state index contributed by atoms with van der Waals surface area (Å²) in [7, 11) is -2.21. The van der Waals surface area contributed by atoms with Gasteiger partial charge in [0.1, 0.15) is 9.90 Å². The smallest absolute Gasteiger partial charge is 0.263 e. The number of hydrogen-bond donors (Lipinski definition) is 1. The van der Waals surface area contributed by atoms with Crippen LogP contribution in [0.2, 0.25) is 0 Å². The molecule has 0 fully saturated rings. The molecule has 25 heavy (non-hydrogen) atoms. The van der Waals surface area contributed by atoms with E-state index in [1.165, 1.54) is 23.5 Å². The molecule has 0 aliphatic heterocycles. The SMILES string of the molecule is Cc1csc(-c2cc(S(=O)(=O)Nc3ccc(F)c(F)c3)c(C)n2C)n1. The molecule has 0 radical (unpaired) electrons. The highest BCUT2D eigenvalue weighted by Crippen LogP contribution is 2.30. The van der Waals surface area contributed by atoms with Crippen LogP contribution in [0.5, 0.6) is 0 Å². The lowest BCUT2D eigenvalue weighted by molar-refractivity contribution is 0.509. The molecule has 0 spiro atoms. The normalized spacial score (nSPS) is 11.7. The average Bonchev–Trinajstić information content (AvgIpc) is 3.08. The van der Waals surface area contributed by atoms with Crippen molar-refractivity contribution < 1.29 is 17.2 Å². The zero-order chi connectivity index (χ0) is 18.4. The molecule has 0 saturated carbocycles. The van der Waals surface area contributed by atoms with Gasteiger partial charge in [-0.3, -0.25) is 4.72 Å². The van der Waals surface area contributed by atoms with Crippen LogP contribution >= 0.6 is 11.3 Å².